The summed E-state index contributed by atoms with van der Waals surface area (Å²) in [5.74, 6) is -0.816. The van der Waals surface area contributed by atoms with Gasteiger partial charge in [0.1, 0.15) is 0 Å². The SMILES string of the molecule is CC1=C2C(=O)N(c3ccccc3)C(=O)[C@@H]2[C@@H](C)c2[nH]c3ccccc3c21. The Labute approximate surface area is 151 Å². The van der Waals surface area contributed by atoms with Crippen LogP contribution >= 0.6 is 0 Å². The van der Waals surface area contributed by atoms with Gasteiger partial charge in [0, 0.05) is 33.7 Å². The standard InChI is InChI=1S/C22H18N2O2/c1-12-17-15-10-6-7-11-16(15)23-20(17)13(2)19-18(12)21(25)24(22(19)26)14-8-4-3-5-9-14/h3-11,13,19,23H,1-2H3/t13-,19-/m1/s1. The van der Waals surface area contributed by atoms with Crippen molar-refractivity contribution >= 4 is 34.0 Å². The zero-order valence-corrected chi connectivity index (χ0v) is 14.6. The van der Waals surface area contributed by atoms with Gasteiger partial charge < -0.3 is 4.98 Å². The van der Waals surface area contributed by atoms with Crippen LogP contribution in [0, 0.1) is 5.92 Å². The molecule has 1 aliphatic heterocycles. The van der Waals surface area contributed by atoms with Gasteiger partial charge in [-0.3, -0.25) is 9.59 Å². The van der Waals surface area contributed by atoms with E-state index in [1.54, 1.807) is 0 Å². The first-order valence-electron chi connectivity index (χ1n) is 8.84. The molecule has 2 heterocycles. The number of para-hydroxylation sites is 2. The number of hydrogen-bond donors (Lipinski definition) is 1. The lowest BCUT2D eigenvalue weighted by atomic mass is 9.76. The van der Waals surface area contributed by atoms with Gasteiger partial charge in [-0.25, -0.2) is 4.90 Å². The molecule has 1 saturated heterocycles. The fraction of sp³-hybridized carbons (Fsp3) is 0.182. The Bertz CT molecular complexity index is 1110. The average Bonchev–Trinajstić information content (AvgIpc) is 3.17. The van der Waals surface area contributed by atoms with Crippen molar-refractivity contribution in [1.82, 2.24) is 4.98 Å². The number of fused-ring (bicyclic) bond motifs is 4. The van der Waals surface area contributed by atoms with E-state index < -0.39 is 5.92 Å². The maximum absolute atomic E-state index is 13.2. The third kappa shape index (κ3) is 1.79. The van der Waals surface area contributed by atoms with Gasteiger partial charge in [-0.1, -0.05) is 43.3 Å². The van der Waals surface area contributed by atoms with Crippen molar-refractivity contribution in [1.29, 1.82) is 0 Å². The van der Waals surface area contributed by atoms with Gasteiger partial charge in [0.2, 0.25) is 5.91 Å². The molecule has 2 amide bonds. The number of nitrogens with zero attached hydrogens (tertiary/aromatic N) is 1. The zero-order chi connectivity index (χ0) is 18.0. The summed E-state index contributed by atoms with van der Waals surface area (Å²) in [6, 6.07) is 17.3. The molecule has 1 aliphatic carbocycles. The number of carbonyl (C=O) groups excluding carboxylic acids is 2. The summed E-state index contributed by atoms with van der Waals surface area (Å²) >= 11 is 0. The van der Waals surface area contributed by atoms with E-state index in [-0.39, 0.29) is 17.7 Å². The van der Waals surface area contributed by atoms with E-state index in [9.17, 15) is 9.59 Å². The second-order valence-corrected chi connectivity index (χ2v) is 7.08. The number of benzene rings is 2. The van der Waals surface area contributed by atoms with Crippen LogP contribution in [0.2, 0.25) is 0 Å². The predicted octanol–water partition coefficient (Wildman–Crippen LogP) is 4.25. The number of imide groups is 1. The molecular formula is C22H18N2O2. The Morgan fingerprint density at radius 1 is 0.962 bits per heavy atom. The summed E-state index contributed by atoms with van der Waals surface area (Å²) < 4.78 is 0. The molecule has 2 aliphatic rings. The van der Waals surface area contributed by atoms with E-state index in [2.05, 4.69) is 11.1 Å². The first kappa shape index (κ1) is 15.1. The molecule has 0 saturated carbocycles. The topological polar surface area (TPSA) is 53.2 Å². The lowest BCUT2D eigenvalue weighted by Crippen LogP contribution is -2.31. The average molecular weight is 342 g/mol. The normalized spacial score (nSPS) is 22.2. The highest BCUT2D eigenvalue weighted by Gasteiger charge is 2.51. The van der Waals surface area contributed by atoms with E-state index in [4.69, 9.17) is 0 Å². The fourth-order valence-electron chi connectivity index (χ4n) is 4.50. The first-order valence-corrected chi connectivity index (χ1v) is 8.84. The van der Waals surface area contributed by atoms with E-state index >= 15 is 0 Å². The number of H-pyrrole nitrogens is 1. The van der Waals surface area contributed by atoms with Gasteiger partial charge in [0.15, 0.2) is 0 Å². The minimum absolute atomic E-state index is 0.0683. The molecule has 1 aromatic heterocycles. The Kier molecular flexibility index (Phi) is 3.02. The maximum Gasteiger partial charge on any atom is 0.262 e. The fourth-order valence-corrected chi connectivity index (χ4v) is 4.50. The quantitative estimate of drug-likeness (QED) is 0.672. The zero-order valence-electron chi connectivity index (χ0n) is 14.6. The molecule has 26 heavy (non-hydrogen) atoms. The monoisotopic (exact) mass is 342 g/mol. The van der Waals surface area contributed by atoms with Crippen LogP contribution in [0.15, 0.2) is 60.2 Å². The Balaban J connectivity index is 1.75. The van der Waals surface area contributed by atoms with Crippen LogP contribution in [-0.4, -0.2) is 16.8 Å². The summed E-state index contributed by atoms with van der Waals surface area (Å²) in [6.07, 6.45) is 0. The molecular weight excluding hydrogens is 324 g/mol. The lowest BCUT2D eigenvalue weighted by molar-refractivity contribution is -0.122. The highest BCUT2D eigenvalue weighted by atomic mass is 16.2. The van der Waals surface area contributed by atoms with Gasteiger partial charge in [0.25, 0.3) is 5.91 Å². The number of rotatable bonds is 1. The van der Waals surface area contributed by atoms with Gasteiger partial charge in [0.05, 0.1) is 11.6 Å². The Morgan fingerprint density at radius 3 is 2.42 bits per heavy atom. The molecule has 3 aromatic rings. The number of aromatic nitrogens is 1. The molecule has 1 fully saturated rings. The van der Waals surface area contributed by atoms with Crippen LogP contribution in [0.5, 0.6) is 0 Å². The third-order valence-electron chi connectivity index (χ3n) is 5.71. The molecule has 4 heteroatoms. The Morgan fingerprint density at radius 2 is 1.65 bits per heavy atom. The lowest BCUT2D eigenvalue weighted by Gasteiger charge is -2.25. The predicted molar refractivity (Wildman–Crippen MR) is 102 cm³/mol. The van der Waals surface area contributed by atoms with E-state index in [1.165, 1.54) is 4.90 Å². The van der Waals surface area contributed by atoms with E-state index in [0.717, 1.165) is 27.7 Å². The van der Waals surface area contributed by atoms with Crippen molar-refractivity contribution in [2.75, 3.05) is 4.90 Å². The summed E-state index contributed by atoms with van der Waals surface area (Å²) in [6.45, 7) is 4.00. The van der Waals surface area contributed by atoms with Crippen molar-refractivity contribution in [3.63, 3.8) is 0 Å². The molecule has 1 N–H and O–H groups in total. The Hall–Kier alpha value is -3.14. The molecule has 4 nitrogen and oxygen atoms in total. The van der Waals surface area contributed by atoms with Crippen LogP contribution in [0.1, 0.15) is 31.0 Å². The van der Waals surface area contributed by atoms with Gasteiger partial charge in [-0.05, 0) is 30.7 Å². The largest absolute Gasteiger partial charge is 0.358 e. The summed E-state index contributed by atoms with van der Waals surface area (Å²) in [5.41, 5.74) is 5.37. The number of carbonyl (C=O) groups is 2. The van der Waals surface area contributed by atoms with E-state index in [1.807, 2.05) is 62.4 Å². The highest BCUT2D eigenvalue weighted by molar-refractivity contribution is 6.32. The van der Waals surface area contributed by atoms with Crippen molar-refractivity contribution in [2.45, 2.75) is 19.8 Å². The number of anilines is 1. The first-order chi connectivity index (χ1) is 12.6. The van der Waals surface area contributed by atoms with Gasteiger partial charge >= 0.3 is 0 Å². The number of aromatic amines is 1. The smallest absolute Gasteiger partial charge is 0.262 e. The molecule has 128 valence electrons. The van der Waals surface area contributed by atoms with Crippen molar-refractivity contribution in [2.24, 2.45) is 5.92 Å². The number of amides is 2. The summed E-state index contributed by atoms with van der Waals surface area (Å²) in [4.78, 5) is 31.2. The second-order valence-electron chi connectivity index (χ2n) is 7.08. The molecule has 5 rings (SSSR count). The van der Waals surface area contributed by atoms with Crippen molar-refractivity contribution < 1.29 is 9.59 Å². The van der Waals surface area contributed by atoms with Gasteiger partial charge in [-0.15, -0.1) is 0 Å². The van der Waals surface area contributed by atoms with Crippen LogP contribution in [-0.2, 0) is 9.59 Å². The van der Waals surface area contributed by atoms with Crippen LogP contribution in [0.25, 0.3) is 16.5 Å². The highest BCUT2D eigenvalue weighted by Crippen LogP contribution is 2.49. The summed E-state index contributed by atoms with van der Waals surface area (Å²) in [5, 5.41) is 1.11. The van der Waals surface area contributed by atoms with E-state index in [0.29, 0.717) is 11.3 Å². The molecule has 0 bridgehead atoms. The number of allylic oxidation sites excluding steroid dienone is 1. The minimum Gasteiger partial charge on any atom is -0.358 e. The second kappa shape index (κ2) is 5.18. The molecule has 0 radical (unpaired) electrons. The van der Waals surface area contributed by atoms with Crippen LogP contribution < -0.4 is 4.90 Å². The van der Waals surface area contributed by atoms with Crippen molar-refractivity contribution in [3.8, 4) is 0 Å². The molecule has 0 spiro atoms. The summed E-state index contributed by atoms with van der Waals surface area (Å²) in [7, 11) is 0. The molecule has 2 atom stereocenters. The van der Waals surface area contributed by atoms with Crippen LogP contribution in [0.4, 0.5) is 5.69 Å². The molecule has 0 unspecified atom stereocenters. The van der Waals surface area contributed by atoms with Crippen molar-refractivity contribution in [3.05, 3.63) is 71.4 Å². The minimum atomic E-state index is -0.428. The number of nitrogens with one attached hydrogen (secondary N) is 1. The third-order valence-corrected chi connectivity index (χ3v) is 5.71. The molecule has 2 aromatic carbocycles. The van der Waals surface area contributed by atoms with Gasteiger partial charge in [-0.2, -0.15) is 0 Å². The number of hydrogen-bond acceptors (Lipinski definition) is 2. The van der Waals surface area contributed by atoms with Crippen LogP contribution in [0.3, 0.4) is 0 Å². The maximum atomic E-state index is 13.2.